The van der Waals surface area contributed by atoms with E-state index in [1.54, 1.807) is 12.3 Å². The van der Waals surface area contributed by atoms with Crippen LogP contribution in [0, 0.1) is 0 Å². The van der Waals surface area contributed by atoms with Crippen molar-refractivity contribution in [2.45, 2.75) is 0 Å². The largest absolute Gasteiger partial charge is 0.322 e. The number of nitrogens with zero attached hydrogens (tertiary/aromatic N) is 1. The lowest BCUT2D eigenvalue weighted by Crippen LogP contribution is -2.03. The smallest absolute Gasteiger partial charge is 0.248 e. The summed E-state index contributed by atoms with van der Waals surface area (Å²) in [5.74, 6) is 0. The first-order valence-corrected chi connectivity index (χ1v) is 5.38. The van der Waals surface area contributed by atoms with Crippen LogP contribution in [0.25, 0.3) is 22.2 Å². The van der Waals surface area contributed by atoms with Gasteiger partial charge in [-0.2, -0.15) is 0 Å². The number of rotatable bonds is 1. The van der Waals surface area contributed by atoms with Gasteiger partial charge in [0.25, 0.3) is 0 Å². The monoisotopic (exact) mass is 222 g/mol. The number of benzene rings is 1. The van der Waals surface area contributed by atoms with Crippen LogP contribution < -0.4 is 5.56 Å². The van der Waals surface area contributed by atoms with Gasteiger partial charge in [0.05, 0.1) is 5.52 Å². The summed E-state index contributed by atoms with van der Waals surface area (Å²) in [6.07, 6.45) is 1.76. The summed E-state index contributed by atoms with van der Waals surface area (Å²) < 4.78 is 0. The van der Waals surface area contributed by atoms with Gasteiger partial charge >= 0.3 is 0 Å². The molecular formula is C14H10N2O. The SMILES string of the molecule is O=c1cccc(-c2cccc3ncccc23)[nH]1. The van der Waals surface area contributed by atoms with Crippen LogP contribution in [0.15, 0.2) is 59.5 Å². The van der Waals surface area contributed by atoms with Crippen molar-refractivity contribution in [2.24, 2.45) is 0 Å². The molecule has 0 radical (unpaired) electrons. The van der Waals surface area contributed by atoms with Crippen molar-refractivity contribution in [1.82, 2.24) is 9.97 Å². The first-order valence-electron chi connectivity index (χ1n) is 5.38. The fraction of sp³-hybridized carbons (Fsp3) is 0. The van der Waals surface area contributed by atoms with E-state index in [1.807, 2.05) is 36.4 Å². The Morgan fingerprint density at radius 1 is 0.941 bits per heavy atom. The van der Waals surface area contributed by atoms with Gasteiger partial charge in [0.2, 0.25) is 5.56 Å². The molecule has 17 heavy (non-hydrogen) atoms. The molecule has 0 aliphatic rings. The maximum absolute atomic E-state index is 11.3. The number of hydrogen-bond donors (Lipinski definition) is 1. The molecular weight excluding hydrogens is 212 g/mol. The molecule has 0 fully saturated rings. The van der Waals surface area contributed by atoms with Crippen molar-refractivity contribution in [2.75, 3.05) is 0 Å². The Balaban J connectivity index is 2.34. The van der Waals surface area contributed by atoms with Gasteiger partial charge in [-0.1, -0.05) is 24.3 Å². The third kappa shape index (κ3) is 1.72. The molecule has 0 atom stereocenters. The first-order chi connectivity index (χ1) is 8.34. The summed E-state index contributed by atoms with van der Waals surface area (Å²) in [5, 5.41) is 1.04. The van der Waals surface area contributed by atoms with Gasteiger partial charge in [0, 0.05) is 28.9 Å². The number of H-pyrrole nitrogens is 1. The maximum Gasteiger partial charge on any atom is 0.248 e. The van der Waals surface area contributed by atoms with Crippen LogP contribution >= 0.6 is 0 Å². The standard InChI is InChI=1S/C14H10N2O/c17-14-8-2-7-13(16-14)11-4-1-6-12-10(11)5-3-9-15-12/h1-9H,(H,16,17). The molecule has 0 spiro atoms. The van der Waals surface area contributed by atoms with E-state index in [-0.39, 0.29) is 5.56 Å². The van der Waals surface area contributed by atoms with E-state index >= 15 is 0 Å². The Hall–Kier alpha value is -2.42. The quantitative estimate of drug-likeness (QED) is 0.687. The molecule has 2 aromatic heterocycles. The lowest BCUT2D eigenvalue weighted by molar-refractivity contribution is 1.24. The number of hydrogen-bond acceptors (Lipinski definition) is 2. The fourth-order valence-electron chi connectivity index (χ4n) is 1.94. The van der Waals surface area contributed by atoms with Crippen LogP contribution in [0.5, 0.6) is 0 Å². The summed E-state index contributed by atoms with van der Waals surface area (Å²) >= 11 is 0. The Labute approximate surface area is 97.8 Å². The molecule has 2 heterocycles. The van der Waals surface area contributed by atoms with Crippen LogP contribution in [0.1, 0.15) is 0 Å². The van der Waals surface area contributed by atoms with E-state index in [9.17, 15) is 4.79 Å². The van der Waals surface area contributed by atoms with E-state index in [0.29, 0.717) is 0 Å². The Kier molecular flexibility index (Phi) is 2.22. The van der Waals surface area contributed by atoms with Gasteiger partial charge in [-0.05, 0) is 18.2 Å². The predicted octanol–water partition coefficient (Wildman–Crippen LogP) is 2.59. The molecule has 3 rings (SSSR count). The second-order valence-corrected chi connectivity index (χ2v) is 3.80. The van der Waals surface area contributed by atoms with Gasteiger partial charge in [-0.15, -0.1) is 0 Å². The number of nitrogens with one attached hydrogen (secondary N) is 1. The molecule has 0 amide bonds. The highest BCUT2D eigenvalue weighted by Crippen LogP contribution is 2.24. The lowest BCUT2D eigenvalue weighted by Gasteiger charge is -2.05. The van der Waals surface area contributed by atoms with Gasteiger partial charge in [0.15, 0.2) is 0 Å². The average Bonchev–Trinajstić information content (AvgIpc) is 2.38. The predicted molar refractivity (Wildman–Crippen MR) is 67.8 cm³/mol. The van der Waals surface area contributed by atoms with E-state index in [4.69, 9.17) is 0 Å². The van der Waals surface area contributed by atoms with Gasteiger partial charge in [-0.25, -0.2) is 0 Å². The molecule has 3 aromatic rings. The summed E-state index contributed by atoms with van der Waals surface area (Å²) in [6.45, 7) is 0. The first kappa shape index (κ1) is 9.78. The van der Waals surface area contributed by atoms with Crippen molar-refractivity contribution in [3.05, 3.63) is 65.1 Å². The Morgan fingerprint density at radius 3 is 2.71 bits per heavy atom. The van der Waals surface area contributed by atoms with Gasteiger partial charge in [0.1, 0.15) is 0 Å². The molecule has 82 valence electrons. The van der Waals surface area contributed by atoms with E-state index in [2.05, 4.69) is 9.97 Å². The number of pyridine rings is 2. The molecule has 1 aromatic carbocycles. The van der Waals surface area contributed by atoms with Crippen molar-refractivity contribution in [3.63, 3.8) is 0 Å². The number of aromatic nitrogens is 2. The van der Waals surface area contributed by atoms with Gasteiger partial charge < -0.3 is 4.98 Å². The highest BCUT2D eigenvalue weighted by Gasteiger charge is 2.03. The second kappa shape index (κ2) is 3.87. The van der Waals surface area contributed by atoms with Crippen LogP contribution in [0.3, 0.4) is 0 Å². The molecule has 0 aliphatic heterocycles. The summed E-state index contributed by atoms with van der Waals surface area (Å²) in [4.78, 5) is 18.5. The van der Waals surface area contributed by atoms with Crippen molar-refractivity contribution in [1.29, 1.82) is 0 Å². The Bertz CT molecular complexity index is 726. The lowest BCUT2D eigenvalue weighted by atomic mass is 10.1. The minimum atomic E-state index is -0.0941. The molecule has 3 heteroatoms. The van der Waals surface area contributed by atoms with E-state index in [1.165, 1.54) is 6.07 Å². The topological polar surface area (TPSA) is 45.8 Å². The van der Waals surface area contributed by atoms with Crippen LogP contribution in [0.4, 0.5) is 0 Å². The fourth-order valence-corrected chi connectivity index (χ4v) is 1.94. The van der Waals surface area contributed by atoms with Crippen LogP contribution in [-0.2, 0) is 0 Å². The molecule has 0 saturated heterocycles. The molecule has 0 unspecified atom stereocenters. The minimum absolute atomic E-state index is 0.0941. The summed E-state index contributed by atoms with van der Waals surface area (Å²) in [5.41, 5.74) is 2.64. The van der Waals surface area contributed by atoms with E-state index < -0.39 is 0 Å². The highest BCUT2D eigenvalue weighted by atomic mass is 16.1. The molecule has 0 aliphatic carbocycles. The molecule has 0 saturated carbocycles. The summed E-state index contributed by atoms with van der Waals surface area (Å²) in [7, 11) is 0. The third-order valence-corrected chi connectivity index (χ3v) is 2.70. The highest BCUT2D eigenvalue weighted by molar-refractivity contribution is 5.93. The van der Waals surface area contributed by atoms with Crippen molar-refractivity contribution >= 4 is 10.9 Å². The zero-order valence-corrected chi connectivity index (χ0v) is 9.05. The second-order valence-electron chi connectivity index (χ2n) is 3.80. The van der Waals surface area contributed by atoms with Gasteiger partial charge in [-0.3, -0.25) is 9.78 Å². The normalized spacial score (nSPS) is 10.6. The summed E-state index contributed by atoms with van der Waals surface area (Å²) in [6, 6.07) is 14.9. The zero-order chi connectivity index (χ0) is 11.7. The minimum Gasteiger partial charge on any atom is -0.322 e. The third-order valence-electron chi connectivity index (χ3n) is 2.70. The maximum atomic E-state index is 11.3. The molecule has 3 nitrogen and oxygen atoms in total. The number of fused-ring (bicyclic) bond motifs is 1. The van der Waals surface area contributed by atoms with E-state index in [0.717, 1.165) is 22.2 Å². The Morgan fingerprint density at radius 2 is 1.82 bits per heavy atom. The van der Waals surface area contributed by atoms with Crippen molar-refractivity contribution < 1.29 is 0 Å². The molecule has 0 bridgehead atoms. The average molecular weight is 222 g/mol. The van der Waals surface area contributed by atoms with Crippen molar-refractivity contribution in [3.8, 4) is 11.3 Å². The number of aromatic amines is 1. The zero-order valence-electron chi connectivity index (χ0n) is 9.05. The van der Waals surface area contributed by atoms with Crippen LogP contribution in [-0.4, -0.2) is 9.97 Å². The van der Waals surface area contributed by atoms with Crippen LogP contribution in [0.2, 0.25) is 0 Å². The molecule has 1 N–H and O–H groups in total.